The molecule has 0 aliphatic heterocycles. The quantitative estimate of drug-likeness (QED) is 0.422. The fraction of sp³-hybridized carbons (Fsp3) is 0.118. The van der Waals surface area contributed by atoms with Gasteiger partial charge >= 0.3 is 10.7 Å². The minimum absolute atomic E-state index is 0.192. The molecule has 0 unspecified atom stereocenters. The van der Waals surface area contributed by atoms with Crippen LogP contribution in [0.4, 0.5) is 0 Å². The molecule has 3 rings (SSSR count). The minimum Gasteiger partial charge on any atom is -0.267 e. The molecule has 3 heterocycles. The summed E-state index contributed by atoms with van der Waals surface area (Å²) in [6.45, 7) is 4.02. The number of hydrogen-bond acceptors (Lipinski definition) is 5. The van der Waals surface area contributed by atoms with Gasteiger partial charge in [0.15, 0.2) is 0 Å². The zero-order chi connectivity index (χ0) is 17.8. The molecule has 0 aliphatic carbocycles. The van der Waals surface area contributed by atoms with Gasteiger partial charge < -0.3 is 0 Å². The number of thiazole rings is 1. The second-order valence-electron chi connectivity index (χ2n) is 5.38. The summed E-state index contributed by atoms with van der Waals surface area (Å²) in [5.41, 5.74) is 5.16. The molecule has 3 aromatic heterocycles. The molecule has 0 saturated carbocycles. The van der Waals surface area contributed by atoms with Crippen molar-refractivity contribution in [3.05, 3.63) is 74.2 Å². The van der Waals surface area contributed by atoms with E-state index in [4.69, 9.17) is 0 Å². The van der Waals surface area contributed by atoms with Crippen molar-refractivity contribution in [3.8, 4) is 5.82 Å². The molecule has 8 heteroatoms. The maximum Gasteiger partial charge on any atom is 0.390 e. The summed E-state index contributed by atoms with van der Waals surface area (Å²) in [5.74, 6) is 0.266. The number of rotatable bonds is 4. The van der Waals surface area contributed by atoms with Gasteiger partial charge in [0.05, 0.1) is 18.6 Å². The van der Waals surface area contributed by atoms with Crippen LogP contribution in [0.2, 0.25) is 0 Å². The van der Waals surface area contributed by atoms with Crippen LogP contribution in [0.3, 0.4) is 0 Å². The summed E-state index contributed by atoms with van der Waals surface area (Å²) in [6, 6.07) is 5.16. The predicted molar refractivity (Wildman–Crippen MR) is 95.2 cm³/mol. The summed E-state index contributed by atoms with van der Waals surface area (Å²) >= 11 is 1.02. The maximum atomic E-state index is 12.0. The second kappa shape index (κ2) is 7.18. The highest BCUT2D eigenvalue weighted by molar-refractivity contribution is 7.11. The number of carbonyl (C=O) groups is 1. The number of hydrogen-bond donors (Lipinski definition) is 2. The molecule has 0 aliphatic rings. The second-order valence-corrected chi connectivity index (χ2v) is 6.40. The van der Waals surface area contributed by atoms with Crippen LogP contribution in [0.1, 0.15) is 26.4 Å². The van der Waals surface area contributed by atoms with Crippen molar-refractivity contribution < 1.29 is 9.36 Å². The van der Waals surface area contributed by atoms with Crippen LogP contribution in [0.5, 0.6) is 0 Å². The highest BCUT2D eigenvalue weighted by Crippen LogP contribution is 2.08. The summed E-state index contributed by atoms with van der Waals surface area (Å²) in [7, 11) is 0. The molecule has 7 nitrogen and oxygen atoms in total. The Morgan fingerprint density at radius 3 is 2.76 bits per heavy atom. The Kier molecular flexibility index (Phi) is 4.80. The first kappa shape index (κ1) is 16.7. The highest BCUT2D eigenvalue weighted by atomic mass is 32.1. The Morgan fingerprint density at radius 2 is 2.04 bits per heavy atom. The van der Waals surface area contributed by atoms with E-state index in [1.807, 2.05) is 36.9 Å². The number of nitrogens with zero attached hydrogens (tertiary/aromatic N) is 3. The molecular weight excluding hydrogens is 338 g/mol. The fourth-order valence-electron chi connectivity index (χ4n) is 2.14. The third kappa shape index (κ3) is 3.86. The zero-order valence-electron chi connectivity index (χ0n) is 13.7. The van der Waals surface area contributed by atoms with Gasteiger partial charge in [0.1, 0.15) is 4.88 Å². The van der Waals surface area contributed by atoms with E-state index in [0.29, 0.717) is 16.3 Å². The molecule has 0 atom stereocenters. The number of nitrogens with one attached hydrogen (secondary N) is 2. The molecule has 3 aromatic rings. The largest absolute Gasteiger partial charge is 0.390 e. The van der Waals surface area contributed by atoms with Gasteiger partial charge in [-0.2, -0.15) is 10.1 Å². The molecule has 0 spiro atoms. The van der Waals surface area contributed by atoms with Gasteiger partial charge in [-0.25, -0.2) is 14.8 Å². The van der Waals surface area contributed by atoms with Crippen molar-refractivity contribution in [2.24, 2.45) is 5.10 Å². The molecule has 0 aromatic carbocycles. The third-order valence-corrected chi connectivity index (χ3v) is 4.45. The number of H-pyrrole nitrogens is 1. The lowest BCUT2D eigenvalue weighted by molar-refractivity contribution is -0.599. The Bertz CT molecular complexity index is 992. The number of aryl methyl sites for hydroxylation is 2. The van der Waals surface area contributed by atoms with Crippen LogP contribution in [0.25, 0.3) is 5.82 Å². The smallest absolute Gasteiger partial charge is 0.267 e. The first-order chi connectivity index (χ1) is 12.0. The number of aromatic amines is 1. The Labute approximate surface area is 147 Å². The average molecular weight is 354 g/mol. The summed E-state index contributed by atoms with van der Waals surface area (Å²) in [4.78, 5) is 30.8. The van der Waals surface area contributed by atoms with Crippen LogP contribution in [0.15, 0.2) is 52.9 Å². The maximum absolute atomic E-state index is 12.0. The van der Waals surface area contributed by atoms with Crippen LogP contribution in [-0.4, -0.2) is 22.1 Å². The van der Waals surface area contributed by atoms with E-state index in [2.05, 4.69) is 20.5 Å². The average Bonchev–Trinajstić information content (AvgIpc) is 2.98. The molecular formula is C17H16N5O2S+. The monoisotopic (exact) mass is 354 g/mol. The normalized spacial score (nSPS) is 11.0. The van der Waals surface area contributed by atoms with E-state index in [1.54, 1.807) is 12.1 Å². The molecule has 25 heavy (non-hydrogen) atoms. The number of hydrazone groups is 1. The first-order valence-corrected chi connectivity index (χ1v) is 8.31. The lowest BCUT2D eigenvalue weighted by Gasteiger charge is -2.01. The lowest BCUT2D eigenvalue weighted by Crippen LogP contribution is -2.32. The third-order valence-electron chi connectivity index (χ3n) is 3.64. The van der Waals surface area contributed by atoms with Crippen molar-refractivity contribution in [2.75, 3.05) is 0 Å². The van der Waals surface area contributed by atoms with Crippen molar-refractivity contribution in [2.45, 2.75) is 13.8 Å². The molecule has 0 radical (unpaired) electrons. The number of carbonyl (C=O) groups excluding carboxylic acids is 1. The van der Waals surface area contributed by atoms with E-state index in [0.717, 1.165) is 22.5 Å². The molecule has 1 amide bonds. The Morgan fingerprint density at radius 1 is 1.28 bits per heavy atom. The van der Waals surface area contributed by atoms with Crippen molar-refractivity contribution >= 4 is 23.5 Å². The standard InChI is InChI=1S/C17H15N5O2S/c1-11-5-8-22(10-12(11)2)15-14(25-17(24)20-15)9-19-21-16(23)13-3-6-18-7-4-13/h3-10H,1-2H3,(H-,18,19,20,21,23,24)/p+1. The van der Waals surface area contributed by atoms with E-state index in [9.17, 15) is 9.59 Å². The predicted octanol–water partition coefficient (Wildman–Crippen LogP) is 1.49. The summed E-state index contributed by atoms with van der Waals surface area (Å²) in [6.07, 6.45) is 8.32. The number of aromatic nitrogens is 3. The van der Waals surface area contributed by atoms with Gasteiger partial charge in [0.25, 0.3) is 5.91 Å². The molecule has 0 bridgehead atoms. The molecule has 0 fully saturated rings. The number of amides is 1. The van der Waals surface area contributed by atoms with Crippen LogP contribution < -0.4 is 14.9 Å². The Hall–Kier alpha value is -3.13. The fourth-order valence-corrected chi connectivity index (χ4v) is 2.85. The van der Waals surface area contributed by atoms with E-state index >= 15 is 0 Å². The van der Waals surface area contributed by atoms with Crippen molar-refractivity contribution in [3.63, 3.8) is 0 Å². The van der Waals surface area contributed by atoms with Crippen LogP contribution in [0, 0.1) is 13.8 Å². The van der Waals surface area contributed by atoms with E-state index in [-0.39, 0.29) is 10.8 Å². The SMILES string of the molecule is Cc1cc[n+](-c2[nH]c(=O)sc2/C=N\NC(=O)c2ccncc2)cc1C. The van der Waals surface area contributed by atoms with Crippen molar-refractivity contribution in [1.82, 2.24) is 15.4 Å². The van der Waals surface area contributed by atoms with Gasteiger partial charge in [-0.1, -0.05) is 0 Å². The van der Waals surface area contributed by atoms with Crippen molar-refractivity contribution in [1.29, 1.82) is 0 Å². The van der Waals surface area contributed by atoms with Gasteiger partial charge in [0, 0.05) is 18.0 Å². The zero-order valence-corrected chi connectivity index (χ0v) is 14.5. The van der Waals surface area contributed by atoms with Gasteiger partial charge in [0.2, 0.25) is 0 Å². The van der Waals surface area contributed by atoms with Gasteiger partial charge in [-0.15, -0.1) is 0 Å². The number of pyridine rings is 2. The topological polar surface area (TPSA) is 91.1 Å². The summed E-state index contributed by atoms with van der Waals surface area (Å²) in [5, 5.41) is 3.95. The van der Waals surface area contributed by atoms with Crippen LogP contribution >= 0.6 is 11.3 Å². The molecule has 126 valence electrons. The molecule has 0 saturated heterocycles. The van der Waals surface area contributed by atoms with Crippen LogP contribution in [-0.2, 0) is 0 Å². The summed E-state index contributed by atoms with van der Waals surface area (Å²) < 4.78 is 1.83. The lowest BCUT2D eigenvalue weighted by atomic mass is 10.2. The van der Waals surface area contributed by atoms with E-state index < -0.39 is 0 Å². The van der Waals surface area contributed by atoms with Gasteiger partial charge in [-0.3, -0.25) is 9.78 Å². The first-order valence-electron chi connectivity index (χ1n) is 7.50. The highest BCUT2D eigenvalue weighted by Gasteiger charge is 2.16. The minimum atomic E-state index is -0.345. The van der Waals surface area contributed by atoms with Gasteiger partial charge in [-0.05, 0) is 54.5 Å². The molecule has 2 N–H and O–H groups in total. The Balaban J connectivity index is 1.82. The van der Waals surface area contributed by atoms with E-state index in [1.165, 1.54) is 18.6 Å².